The zero-order chi connectivity index (χ0) is 25.8. The molecule has 9 heteroatoms. The van der Waals surface area contributed by atoms with E-state index >= 15 is 0 Å². The minimum absolute atomic E-state index is 0.178. The lowest BCUT2D eigenvalue weighted by atomic mass is 10.0. The van der Waals surface area contributed by atoms with Gasteiger partial charge in [0.2, 0.25) is 0 Å². The zero-order valence-electron chi connectivity index (χ0n) is 19.8. The van der Waals surface area contributed by atoms with Crippen molar-refractivity contribution in [2.45, 2.75) is 38.3 Å². The van der Waals surface area contributed by atoms with Crippen LogP contribution in [0, 0.1) is 12.3 Å². The van der Waals surface area contributed by atoms with Crippen LogP contribution in [0.25, 0.3) is 44.0 Å². The number of rotatable bonds is 5. The summed E-state index contributed by atoms with van der Waals surface area (Å²) in [6, 6.07) is 10.1. The number of aromatic nitrogens is 3. The lowest BCUT2D eigenvalue weighted by Gasteiger charge is -2.18. The van der Waals surface area contributed by atoms with Crippen LogP contribution in [0.15, 0.2) is 58.5 Å². The van der Waals surface area contributed by atoms with Crippen LogP contribution in [0.5, 0.6) is 5.75 Å². The molecule has 0 aliphatic heterocycles. The number of pyridine rings is 2. The first-order valence-corrected chi connectivity index (χ1v) is 12.7. The molecule has 36 heavy (non-hydrogen) atoms. The molecule has 7 nitrogen and oxygen atoms in total. The fraction of sp³-hybridized carbons (Fsp3) is 0.185. The molecule has 0 saturated heterocycles. The molecule has 0 radical (unpaired) electrons. The molecule has 0 aliphatic rings. The van der Waals surface area contributed by atoms with Crippen molar-refractivity contribution in [3.63, 3.8) is 0 Å². The largest absolute Gasteiger partial charge is 0.490 e. The average molecular weight is 504 g/mol. The van der Waals surface area contributed by atoms with Gasteiger partial charge in [-0.05, 0) is 51.1 Å². The predicted molar refractivity (Wildman–Crippen MR) is 138 cm³/mol. The molecular weight excluding hydrogens is 481 g/mol. The van der Waals surface area contributed by atoms with E-state index < -0.39 is 15.1 Å². The van der Waals surface area contributed by atoms with E-state index in [4.69, 9.17) is 11.2 Å². The highest BCUT2D eigenvalue weighted by Gasteiger charge is 2.21. The Balaban J connectivity index is 1.91. The lowest BCUT2D eigenvalue weighted by Crippen LogP contribution is -2.12. The number of H-pyrrole nitrogens is 1. The smallest absolute Gasteiger partial charge is 0.333 e. The third-order valence-electron chi connectivity index (χ3n) is 6.06. The Kier molecular flexibility index (Phi) is 5.57. The molecule has 1 N–H and O–H groups in total. The van der Waals surface area contributed by atoms with E-state index in [1.807, 2.05) is 37.5 Å². The summed E-state index contributed by atoms with van der Waals surface area (Å²) in [4.78, 5) is 20.5. The first-order chi connectivity index (χ1) is 17.1. The number of benzene rings is 2. The molecule has 0 atom stereocenters. The summed E-state index contributed by atoms with van der Waals surface area (Å²) in [6.07, 6.45) is 7.69. The second-order valence-electron chi connectivity index (χ2n) is 8.71. The van der Waals surface area contributed by atoms with Crippen LogP contribution in [0.1, 0.15) is 26.3 Å². The Labute approximate surface area is 206 Å². The molecule has 0 fully saturated rings. The number of ether oxygens (including phenoxy) is 1. The topological polar surface area (TPSA) is 94.1 Å². The van der Waals surface area contributed by atoms with Gasteiger partial charge in [0.25, 0.3) is 0 Å². The van der Waals surface area contributed by atoms with Crippen molar-refractivity contribution in [2.75, 3.05) is 0 Å². The second kappa shape index (κ2) is 8.50. The van der Waals surface area contributed by atoms with Crippen LogP contribution in [-0.2, 0) is 16.8 Å². The number of terminal acetylenes is 1. The highest BCUT2D eigenvalue weighted by molar-refractivity contribution is 7.86. The minimum Gasteiger partial charge on any atom is -0.490 e. The fourth-order valence-corrected chi connectivity index (χ4v) is 4.99. The van der Waals surface area contributed by atoms with Crippen LogP contribution >= 0.6 is 0 Å². The van der Waals surface area contributed by atoms with Crippen molar-refractivity contribution in [1.29, 1.82) is 0 Å². The Morgan fingerprint density at radius 3 is 2.61 bits per heavy atom. The van der Waals surface area contributed by atoms with E-state index in [-0.39, 0.29) is 11.5 Å². The van der Waals surface area contributed by atoms with Gasteiger partial charge >= 0.3 is 10.2 Å². The van der Waals surface area contributed by atoms with Crippen molar-refractivity contribution < 1.29 is 17.0 Å². The molecule has 3 heterocycles. The van der Waals surface area contributed by atoms with Crippen LogP contribution in [0.4, 0.5) is 3.89 Å². The molecule has 5 aromatic rings. The number of hydrogen-bond donors (Lipinski definition) is 1. The van der Waals surface area contributed by atoms with E-state index in [1.54, 1.807) is 18.2 Å². The van der Waals surface area contributed by atoms with Crippen molar-refractivity contribution in [1.82, 2.24) is 14.5 Å². The van der Waals surface area contributed by atoms with Crippen molar-refractivity contribution in [3.8, 4) is 29.2 Å². The summed E-state index contributed by atoms with van der Waals surface area (Å²) in [5, 5.41) is 1.74. The quantitative estimate of drug-likeness (QED) is 0.265. The minimum atomic E-state index is -4.96. The van der Waals surface area contributed by atoms with Gasteiger partial charge in [0.15, 0.2) is 5.43 Å². The maximum Gasteiger partial charge on any atom is 0.333 e. The first-order valence-electron chi connectivity index (χ1n) is 11.3. The van der Waals surface area contributed by atoms with Crippen LogP contribution in [0.3, 0.4) is 0 Å². The summed E-state index contributed by atoms with van der Waals surface area (Å²) in [6.45, 7) is 6.16. The summed E-state index contributed by atoms with van der Waals surface area (Å²) in [5.74, 6) is 2.97. The monoisotopic (exact) mass is 503 g/mol. The molecule has 0 amide bonds. The number of halogens is 1. The molecule has 0 saturated carbocycles. The standard InChI is InChI=1S/C27H22FN3O4S/c1-5-16-7-8-19-22(9-16)30-27-25(19)26(32)21-12-24(35-15(3)4)20(11-23(21)31(27)6-2)17-10-18(14-29-13-17)36(28,33)34/h1,7-15,30H,6H2,2-4H3. The average Bonchev–Trinajstić information content (AvgIpc) is 3.22. The zero-order valence-corrected chi connectivity index (χ0v) is 20.6. The van der Waals surface area contributed by atoms with E-state index in [2.05, 4.69) is 15.9 Å². The van der Waals surface area contributed by atoms with Gasteiger partial charge in [-0.3, -0.25) is 9.78 Å². The summed E-state index contributed by atoms with van der Waals surface area (Å²) >= 11 is 0. The Morgan fingerprint density at radius 1 is 1.17 bits per heavy atom. The van der Waals surface area contributed by atoms with Crippen LogP contribution in [-0.4, -0.2) is 29.1 Å². The van der Waals surface area contributed by atoms with E-state index in [0.717, 1.165) is 17.1 Å². The molecule has 0 bridgehead atoms. The molecule has 5 rings (SSSR count). The van der Waals surface area contributed by atoms with Gasteiger partial charge in [-0.15, -0.1) is 10.3 Å². The summed E-state index contributed by atoms with van der Waals surface area (Å²) < 4.78 is 44.7. The molecule has 0 spiro atoms. The van der Waals surface area contributed by atoms with Gasteiger partial charge in [-0.25, -0.2) is 0 Å². The van der Waals surface area contributed by atoms with Crippen LogP contribution < -0.4 is 10.2 Å². The maximum atomic E-state index is 13.8. The number of aryl methyl sites for hydroxylation is 1. The Morgan fingerprint density at radius 2 is 1.94 bits per heavy atom. The number of fused-ring (bicyclic) bond motifs is 4. The van der Waals surface area contributed by atoms with E-state index in [9.17, 15) is 17.1 Å². The molecule has 182 valence electrons. The third kappa shape index (κ3) is 3.80. The molecule has 2 aromatic carbocycles. The van der Waals surface area contributed by atoms with Gasteiger partial charge in [-0.1, -0.05) is 12.0 Å². The second-order valence-corrected chi connectivity index (χ2v) is 10.1. The maximum absolute atomic E-state index is 13.8. The Bertz CT molecular complexity index is 1900. The fourth-order valence-electron chi connectivity index (χ4n) is 4.54. The number of hydrogen-bond acceptors (Lipinski definition) is 5. The molecule has 0 aliphatic carbocycles. The van der Waals surface area contributed by atoms with Gasteiger partial charge in [0.1, 0.15) is 16.3 Å². The van der Waals surface area contributed by atoms with E-state index in [0.29, 0.717) is 50.9 Å². The summed E-state index contributed by atoms with van der Waals surface area (Å²) in [7, 11) is -4.96. The summed E-state index contributed by atoms with van der Waals surface area (Å²) in [5.41, 5.74) is 3.35. The van der Waals surface area contributed by atoms with E-state index in [1.165, 1.54) is 12.3 Å². The first kappa shape index (κ1) is 23.6. The SMILES string of the molecule is C#Cc1ccc2c(c1)[nH]c1c2c(=O)c2cc(OC(C)C)c(-c3cncc(S(=O)(=O)F)c3)cc2n1CC. The third-order valence-corrected chi connectivity index (χ3v) is 6.85. The normalized spacial score (nSPS) is 12.0. The molecule has 0 unspecified atom stereocenters. The van der Waals surface area contributed by atoms with Gasteiger partial charge in [-0.2, -0.15) is 8.42 Å². The number of nitrogens with one attached hydrogen (secondary N) is 1. The predicted octanol–water partition coefficient (Wildman–Crippen LogP) is 5.14. The highest BCUT2D eigenvalue weighted by Crippen LogP contribution is 2.37. The molecule has 3 aromatic heterocycles. The highest BCUT2D eigenvalue weighted by atomic mass is 32.3. The molecular formula is C27H22FN3O4S. The number of aromatic amines is 1. The van der Waals surface area contributed by atoms with Crippen LogP contribution in [0.2, 0.25) is 0 Å². The van der Waals surface area contributed by atoms with Crippen molar-refractivity contribution in [3.05, 3.63) is 64.6 Å². The number of nitrogens with zero attached hydrogens (tertiary/aromatic N) is 2. The van der Waals surface area contributed by atoms with Crippen molar-refractivity contribution in [2.24, 2.45) is 0 Å². The van der Waals surface area contributed by atoms with Gasteiger partial charge < -0.3 is 14.3 Å². The van der Waals surface area contributed by atoms with Gasteiger partial charge in [0.05, 0.1) is 22.4 Å². The van der Waals surface area contributed by atoms with Crippen molar-refractivity contribution >= 4 is 43.1 Å². The lowest BCUT2D eigenvalue weighted by molar-refractivity contribution is 0.244. The Hall–Kier alpha value is -4.16. The van der Waals surface area contributed by atoms with Gasteiger partial charge in [0, 0.05) is 46.5 Å².